The lowest BCUT2D eigenvalue weighted by atomic mass is 9.98. The summed E-state index contributed by atoms with van der Waals surface area (Å²) >= 11 is 0. The summed E-state index contributed by atoms with van der Waals surface area (Å²) in [4.78, 5) is 11.0. The molecule has 3 nitrogen and oxygen atoms in total. The highest BCUT2D eigenvalue weighted by molar-refractivity contribution is 5.84. The van der Waals surface area contributed by atoms with E-state index in [0.717, 1.165) is 7.11 Å². The fourth-order valence-corrected chi connectivity index (χ4v) is 1.04. The van der Waals surface area contributed by atoms with Crippen LogP contribution in [0.3, 0.4) is 0 Å². The second kappa shape index (κ2) is 3.88. The number of rotatable bonds is 2. The molecule has 0 saturated heterocycles. The van der Waals surface area contributed by atoms with Gasteiger partial charge in [-0.2, -0.15) is 5.26 Å². The summed E-state index contributed by atoms with van der Waals surface area (Å²) < 4.78 is 18.0. The van der Waals surface area contributed by atoms with Crippen molar-refractivity contribution in [2.24, 2.45) is 0 Å². The first-order valence-electron chi connectivity index (χ1n) is 3.89. The average molecular weight is 193 g/mol. The van der Waals surface area contributed by atoms with Crippen LogP contribution < -0.4 is 0 Å². The monoisotopic (exact) mass is 193 g/mol. The Balaban J connectivity index is 3.17. The third-order valence-electron chi connectivity index (χ3n) is 1.79. The standard InChI is InChI=1S/C10H8FNO2/c1-14-9(13)10(11,7-12)8-5-3-2-4-6-8/h2-6H,1H3/t10-/m1/s1. The predicted molar refractivity (Wildman–Crippen MR) is 46.9 cm³/mol. The van der Waals surface area contributed by atoms with Gasteiger partial charge >= 0.3 is 11.6 Å². The van der Waals surface area contributed by atoms with Gasteiger partial charge in [-0.1, -0.05) is 30.3 Å². The minimum Gasteiger partial charge on any atom is -0.466 e. The van der Waals surface area contributed by atoms with Gasteiger partial charge in [-0.3, -0.25) is 0 Å². The zero-order valence-corrected chi connectivity index (χ0v) is 7.53. The number of ether oxygens (including phenoxy) is 1. The van der Waals surface area contributed by atoms with Gasteiger partial charge in [0.25, 0.3) is 0 Å². The fourth-order valence-electron chi connectivity index (χ4n) is 1.04. The number of hydrogen-bond acceptors (Lipinski definition) is 3. The maximum atomic E-state index is 13.8. The summed E-state index contributed by atoms with van der Waals surface area (Å²) in [5, 5.41) is 8.61. The Morgan fingerprint density at radius 3 is 2.50 bits per heavy atom. The van der Waals surface area contributed by atoms with Gasteiger partial charge in [0.1, 0.15) is 6.07 Å². The molecule has 0 saturated carbocycles. The maximum Gasteiger partial charge on any atom is 0.363 e. The molecule has 1 aromatic carbocycles. The van der Waals surface area contributed by atoms with Crippen LogP contribution in [0.1, 0.15) is 5.56 Å². The highest BCUT2D eigenvalue weighted by Gasteiger charge is 2.42. The lowest BCUT2D eigenvalue weighted by molar-refractivity contribution is -0.151. The summed E-state index contributed by atoms with van der Waals surface area (Å²) in [7, 11) is 1.04. The van der Waals surface area contributed by atoms with Gasteiger partial charge in [0.05, 0.1) is 7.11 Å². The van der Waals surface area contributed by atoms with E-state index in [1.54, 1.807) is 18.2 Å². The van der Waals surface area contributed by atoms with Crippen LogP contribution in [0.25, 0.3) is 0 Å². The van der Waals surface area contributed by atoms with Crippen LogP contribution in [0.2, 0.25) is 0 Å². The number of alkyl halides is 1. The molecule has 1 atom stereocenters. The molecule has 14 heavy (non-hydrogen) atoms. The van der Waals surface area contributed by atoms with Crippen molar-refractivity contribution in [1.82, 2.24) is 0 Å². The van der Waals surface area contributed by atoms with E-state index in [2.05, 4.69) is 4.74 Å². The molecule has 1 rings (SSSR count). The minimum atomic E-state index is -2.71. The lowest BCUT2D eigenvalue weighted by Gasteiger charge is -2.14. The molecule has 0 bridgehead atoms. The van der Waals surface area contributed by atoms with Gasteiger partial charge < -0.3 is 4.74 Å². The number of nitrogens with zero attached hydrogens (tertiary/aromatic N) is 1. The molecule has 0 spiro atoms. The average Bonchev–Trinajstić information content (AvgIpc) is 2.28. The van der Waals surface area contributed by atoms with Crippen LogP contribution in [-0.4, -0.2) is 13.1 Å². The van der Waals surface area contributed by atoms with Gasteiger partial charge in [-0.15, -0.1) is 0 Å². The highest BCUT2D eigenvalue weighted by atomic mass is 19.1. The van der Waals surface area contributed by atoms with E-state index in [1.165, 1.54) is 18.2 Å². The van der Waals surface area contributed by atoms with Crippen LogP contribution in [0.15, 0.2) is 30.3 Å². The summed E-state index contributed by atoms with van der Waals surface area (Å²) in [6.45, 7) is 0. The molecule has 0 N–H and O–H groups in total. The molecule has 0 unspecified atom stereocenters. The molecular weight excluding hydrogens is 185 g/mol. The van der Waals surface area contributed by atoms with Crippen molar-refractivity contribution in [3.63, 3.8) is 0 Å². The third-order valence-corrected chi connectivity index (χ3v) is 1.79. The third kappa shape index (κ3) is 1.57. The first kappa shape index (κ1) is 10.2. The van der Waals surface area contributed by atoms with Gasteiger partial charge in [-0.05, 0) is 0 Å². The van der Waals surface area contributed by atoms with E-state index in [0.29, 0.717) is 0 Å². The molecule has 0 heterocycles. The summed E-state index contributed by atoms with van der Waals surface area (Å²) in [5.41, 5.74) is -2.73. The first-order valence-corrected chi connectivity index (χ1v) is 3.89. The van der Waals surface area contributed by atoms with E-state index in [4.69, 9.17) is 5.26 Å². The molecular formula is C10H8FNO2. The molecule has 0 aliphatic rings. The molecule has 0 radical (unpaired) electrons. The number of halogens is 1. The number of hydrogen-bond donors (Lipinski definition) is 0. The Labute approximate surface area is 80.7 Å². The number of methoxy groups -OCH3 is 1. The van der Waals surface area contributed by atoms with Crippen molar-refractivity contribution in [2.75, 3.05) is 7.11 Å². The number of esters is 1. The Morgan fingerprint density at radius 1 is 1.50 bits per heavy atom. The van der Waals surface area contributed by atoms with Crippen molar-refractivity contribution in [3.8, 4) is 6.07 Å². The smallest absolute Gasteiger partial charge is 0.363 e. The fraction of sp³-hybridized carbons (Fsp3) is 0.200. The molecule has 4 heteroatoms. The van der Waals surface area contributed by atoms with Crippen LogP contribution in [0.5, 0.6) is 0 Å². The van der Waals surface area contributed by atoms with Crippen LogP contribution >= 0.6 is 0 Å². The Morgan fingerprint density at radius 2 is 2.07 bits per heavy atom. The van der Waals surface area contributed by atoms with E-state index in [1.807, 2.05) is 0 Å². The van der Waals surface area contributed by atoms with E-state index < -0.39 is 11.6 Å². The zero-order valence-electron chi connectivity index (χ0n) is 7.53. The Hall–Kier alpha value is -1.89. The van der Waals surface area contributed by atoms with Crippen LogP contribution in [0.4, 0.5) is 4.39 Å². The molecule has 0 amide bonds. The summed E-state index contributed by atoms with van der Waals surface area (Å²) in [6.07, 6.45) is 0. The molecule has 72 valence electrons. The maximum absolute atomic E-state index is 13.8. The molecule has 0 aromatic heterocycles. The number of carbonyl (C=O) groups excluding carboxylic acids is 1. The summed E-state index contributed by atoms with van der Waals surface area (Å²) in [6, 6.07) is 8.78. The van der Waals surface area contributed by atoms with Gasteiger partial charge in [0, 0.05) is 5.56 Å². The van der Waals surface area contributed by atoms with Gasteiger partial charge in [0.2, 0.25) is 0 Å². The number of carbonyl (C=O) groups is 1. The second-order valence-corrected chi connectivity index (χ2v) is 2.63. The number of nitriles is 1. The van der Waals surface area contributed by atoms with Crippen LogP contribution in [0, 0.1) is 11.3 Å². The van der Waals surface area contributed by atoms with Gasteiger partial charge in [-0.25, -0.2) is 9.18 Å². The van der Waals surface area contributed by atoms with Crippen molar-refractivity contribution >= 4 is 5.97 Å². The van der Waals surface area contributed by atoms with Crippen molar-refractivity contribution < 1.29 is 13.9 Å². The molecule has 0 fully saturated rings. The van der Waals surface area contributed by atoms with Crippen LogP contribution in [-0.2, 0) is 15.2 Å². The molecule has 0 aliphatic heterocycles. The summed E-state index contributed by atoms with van der Waals surface area (Å²) in [5.74, 6) is -1.20. The SMILES string of the molecule is COC(=O)[C@@](F)(C#N)c1ccccc1. The zero-order chi connectivity index (χ0) is 10.6. The van der Waals surface area contributed by atoms with E-state index in [9.17, 15) is 9.18 Å². The Bertz CT molecular complexity index is 371. The molecule has 1 aromatic rings. The van der Waals surface area contributed by atoms with E-state index in [-0.39, 0.29) is 5.56 Å². The van der Waals surface area contributed by atoms with Crippen molar-refractivity contribution in [2.45, 2.75) is 5.67 Å². The predicted octanol–water partition coefficient (Wildman–Crippen LogP) is 1.55. The normalized spacial score (nSPS) is 13.8. The highest BCUT2D eigenvalue weighted by Crippen LogP contribution is 2.26. The largest absolute Gasteiger partial charge is 0.466 e. The van der Waals surface area contributed by atoms with Gasteiger partial charge in [0.15, 0.2) is 0 Å². The Kier molecular flexibility index (Phi) is 2.82. The van der Waals surface area contributed by atoms with E-state index >= 15 is 0 Å². The lowest BCUT2D eigenvalue weighted by Crippen LogP contribution is -2.30. The number of benzene rings is 1. The topological polar surface area (TPSA) is 50.1 Å². The van der Waals surface area contributed by atoms with Crippen molar-refractivity contribution in [3.05, 3.63) is 35.9 Å². The first-order chi connectivity index (χ1) is 6.65. The molecule has 0 aliphatic carbocycles. The quantitative estimate of drug-likeness (QED) is 0.669. The minimum absolute atomic E-state index is 0.0191. The van der Waals surface area contributed by atoms with Crippen molar-refractivity contribution in [1.29, 1.82) is 5.26 Å². The second-order valence-electron chi connectivity index (χ2n) is 2.63.